The summed E-state index contributed by atoms with van der Waals surface area (Å²) in [5.41, 5.74) is 6.68. The van der Waals surface area contributed by atoms with Gasteiger partial charge in [-0.2, -0.15) is 5.26 Å². The maximum atomic E-state index is 13.7. The molecule has 0 fully saturated rings. The van der Waals surface area contributed by atoms with Crippen LogP contribution in [0.5, 0.6) is 0 Å². The molecule has 0 unspecified atom stereocenters. The molecule has 0 aliphatic carbocycles. The van der Waals surface area contributed by atoms with E-state index in [1.807, 2.05) is 13.0 Å². The van der Waals surface area contributed by atoms with Gasteiger partial charge in [-0.05, 0) is 19.1 Å². The number of imidazole rings is 1. The summed E-state index contributed by atoms with van der Waals surface area (Å²) in [6, 6.07) is 6.33. The van der Waals surface area contributed by atoms with E-state index in [1.165, 1.54) is 12.4 Å². The van der Waals surface area contributed by atoms with Crippen molar-refractivity contribution in [1.82, 2.24) is 19.9 Å². The summed E-state index contributed by atoms with van der Waals surface area (Å²) < 4.78 is 13.7. The highest BCUT2D eigenvalue weighted by Crippen LogP contribution is 2.23. The van der Waals surface area contributed by atoms with Crippen LogP contribution in [0.3, 0.4) is 0 Å². The van der Waals surface area contributed by atoms with Gasteiger partial charge in [0.1, 0.15) is 40.9 Å². The van der Waals surface area contributed by atoms with Gasteiger partial charge in [0.2, 0.25) is 0 Å². The number of rotatable bonds is 3. The van der Waals surface area contributed by atoms with Crippen molar-refractivity contribution in [2.24, 2.45) is 0 Å². The third-order valence-electron chi connectivity index (χ3n) is 3.23. The molecule has 22 heavy (non-hydrogen) atoms. The lowest BCUT2D eigenvalue weighted by Gasteiger charge is -2.13. The Morgan fingerprint density at radius 2 is 2.23 bits per heavy atom. The molecular formula is C14H12FN7. The number of aromatic amines is 1. The van der Waals surface area contributed by atoms with Crippen molar-refractivity contribution < 1.29 is 4.39 Å². The molecule has 0 spiro atoms. The van der Waals surface area contributed by atoms with E-state index in [0.717, 1.165) is 0 Å². The van der Waals surface area contributed by atoms with Crippen LogP contribution in [0.15, 0.2) is 24.5 Å². The molecule has 3 aromatic rings. The van der Waals surface area contributed by atoms with Gasteiger partial charge in [-0.15, -0.1) is 0 Å². The smallest absolute Gasteiger partial charge is 0.151 e. The summed E-state index contributed by atoms with van der Waals surface area (Å²) in [7, 11) is 0. The predicted octanol–water partition coefficient (Wildman–Crippen LogP) is 2.12. The summed E-state index contributed by atoms with van der Waals surface area (Å²) in [6.07, 6.45) is 1.27. The van der Waals surface area contributed by atoms with Crippen LogP contribution < -0.4 is 11.1 Å². The monoisotopic (exact) mass is 297 g/mol. The summed E-state index contributed by atoms with van der Waals surface area (Å²) in [4.78, 5) is 15.0. The molecule has 8 heteroatoms. The molecule has 1 aromatic carbocycles. The summed E-state index contributed by atoms with van der Waals surface area (Å²) in [5, 5.41) is 12.1. The molecule has 0 amide bonds. The number of nitrogen functional groups attached to an aromatic ring is 1. The molecule has 2 heterocycles. The van der Waals surface area contributed by atoms with Gasteiger partial charge < -0.3 is 16.0 Å². The first kappa shape index (κ1) is 13.8. The lowest BCUT2D eigenvalue weighted by Crippen LogP contribution is -2.12. The zero-order valence-electron chi connectivity index (χ0n) is 11.6. The van der Waals surface area contributed by atoms with Crippen LogP contribution in [0.2, 0.25) is 0 Å². The third-order valence-corrected chi connectivity index (χ3v) is 3.23. The SMILES string of the molecule is C[C@H](Nc1ncnc(N)c1C#N)c1nc2c(F)cccc2[nH]1. The van der Waals surface area contributed by atoms with Gasteiger partial charge in [0.05, 0.1) is 11.6 Å². The van der Waals surface area contributed by atoms with E-state index in [-0.39, 0.29) is 22.9 Å². The number of nitrogens with two attached hydrogens (primary N) is 1. The number of nitriles is 1. The number of H-pyrrole nitrogens is 1. The Bertz CT molecular complexity index is 881. The quantitative estimate of drug-likeness (QED) is 0.681. The third kappa shape index (κ3) is 2.29. The molecule has 0 bridgehead atoms. The number of fused-ring (bicyclic) bond motifs is 1. The number of para-hydroxylation sites is 1. The molecular weight excluding hydrogens is 285 g/mol. The highest BCUT2D eigenvalue weighted by Gasteiger charge is 2.16. The van der Waals surface area contributed by atoms with Crippen LogP contribution in [0.1, 0.15) is 24.4 Å². The predicted molar refractivity (Wildman–Crippen MR) is 79.2 cm³/mol. The van der Waals surface area contributed by atoms with Crippen LogP contribution in [-0.4, -0.2) is 19.9 Å². The Balaban J connectivity index is 1.94. The first-order valence-electron chi connectivity index (χ1n) is 6.51. The van der Waals surface area contributed by atoms with Crippen molar-refractivity contribution >= 4 is 22.7 Å². The lowest BCUT2D eigenvalue weighted by atomic mass is 10.2. The molecule has 0 aliphatic rings. The number of nitrogens with zero attached hydrogens (tertiary/aromatic N) is 4. The van der Waals surface area contributed by atoms with Crippen molar-refractivity contribution in [3.63, 3.8) is 0 Å². The second-order valence-electron chi connectivity index (χ2n) is 4.72. The normalized spacial score (nSPS) is 12.0. The zero-order valence-corrected chi connectivity index (χ0v) is 11.6. The molecule has 0 saturated heterocycles. The highest BCUT2D eigenvalue weighted by molar-refractivity contribution is 5.75. The van der Waals surface area contributed by atoms with Crippen molar-refractivity contribution in [1.29, 1.82) is 5.26 Å². The fourth-order valence-electron chi connectivity index (χ4n) is 2.11. The van der Waals surface area contributed by atoms with Crippen molar-refractivity contribution in [3.05, 3.63) is 41.7 Å². The van der Waals surface area contributed by atoms with Crippen LogP contribution in [-0.2, 0) is 0 Å². The maximum Gasteiger partial charge on any atom is 0.151 e. The van der Waals surface area contributed by atoms with Crippen LogP contribution >= 0.6 is 0 Å². The van der Waals surface area contributed by atoms with E-state index < -0.39 is 5.82 Å². The number of benzene rings is 1. The van der Waals surface area contributed by atoms with Crippen LogP contribution in [0.4, 0.5) is 16.0 Å². The van der Waals surface area contributed by atoms with Gasteiger partial charge >= 0.3 is 0 Å². The molecule has 0 saturated carbocycles. The highest BCUT2D eigenvalue weighted by atomic mass is 19.1. The largest absolute Gasteiger partial charge is 0.382 e. The molecule has 4 N–H and O–H groups in total. The minimum absolute atomic E-state index is 0.0999. The maximum absolute atomic E-state index is 13.7. The van der Waals surface area contributed by atoms with Gasteiger partial charge in [-0.1, -0.05) is 6.07 Å². The van der Waals surface area contributed by atoms with Crippen molar-refractivity contribution in [2.45, 2.75) is 13.0 Å². The molecule has 1 atom stereocenters. The van der Waals surface area contributed by atoms with Gasteiger partial charge in [-0.3, -0.25) is 0 Å². The molecule has 7 nitrogen and oxygen atoms in total. The topological polar surface area (TPSA) is 116 Å². The number of hydrogen-bond donors (Lipinski definition) is 3. The Labute approximate surface area is 125 Å². The second-order valence-corrected chi connectivity index (χ2v) is 4.72. The van der Waals surface area contributed by atoms with Gasteiger partial charge in [-0.25, -0.2) is 19.3 Å². The zero-order chi connectivity index (χ0) is 15.7. The lowest BCUT2D eigenvalue weighted by molar-refractivity contribution is 0.636. The van der Waals surface area contributed by atoms with E-state index in [0.29, 0.717) is 17.2 Å². The van der Waals surface area contributed by atoms with E-state index >= 15 is 0 Å². The van der Waals surface area contributed by atoms with Gasteiger partial charge in [0.15, 0.2) is 5.82 Å². The fourth-order valence-corrected chi connectivity index (χ4v) is 2.11. The van der Waals surface area contributed by atoms with Crippen molar-refractivity contribution in [2.75, 3.05) is 11.1 Å². The van der Waals surface area contributed by atoms with E-state index in [9.17, 15) is 4.39 Å². The number of aromatic nitrogens is 4. The minimum atomic E-state index is -0.392. The number of halogens is 1. The Hall–Kier alpha value is -3.21. The summed E-state index contributed by atoms with van der Waals surface area (Å²) in [5.74, 6) is 0.545. The van der Waals surface area contributed by atoms with E-state index in [2.05, 4.69) is 25.3 Å². The minimum Gasteiger partial charge on any atom is -0.382 e. The average Bonchev–Trinajstić information content (AvgIpc) is 2.93. The summed E-state index contributed by atoms with van der Waals surface area (Å²) >= 11 is 0. The van der Waals surface area contributed by atoms with Crippen LogP contribution in [0.25, 0.3) is 11.0 Å². The second kappa shape index (κ2) is 5.29. The van der Waals surface area contributed by atoms with Gasteiger partial charge in [0, 0.05) is 0 Å². The molecule has 0 radical (unpaired) electrons. The van der Waals surface area contributed by atoms with E-state index in [4.69, 9.17) is 11.0 Å². The average molecular weight is 297 g/mol. The molecule has 0 aliphatic heterocycles. The first-order chi connectivity index (χ1) is 10.6. The Morgan fingerprint density at radius 1 is 1.41 bits per heavy atom. The van der Waals surface area contributed by atoms with E-state index in [1.54, 1.807) is 12.1 Å². The number of anilines is 2. The Morgan fingerprint density at radius 3 is 2.95 bits per heavy atom. The Kier molecular flexibility index (Phi) is 3.31. The molecule has 2 aromatic heterocycles. The summed E-state index contributed by atoms with van der Waals surface area (Å²) in [6.45, 7) is 1.81. The molecule has 110 valence electrons. The number of hydrogen-bond acceptors (Lipinski definition) is 6. The van der Waals surface area contributed by atoms with Crippen molar-refractivity contribution in [3.8, 4) is 6.07 Å². The first-order valence-corrected chi connectivity index (χ1v) is 6.51. The standard InChI is InChI=1S/C14H12FN7/c1-7(20-14-8(5-16)12(17)18-6-19-14)13-21-10-4-2-3-9(15)11(10)22-13/h2-4,6-7H,1H3,(H,21,22)(H3,17,18,19,20)/t7-/m0/s1. The van der Waals surface area contributed by atoms with Crippen LogP contribution in [0, 0.1) is 17.1 Å². The van der Waals surface area contributed by atoms with Gasteiger partial charge in [0.25, 0.3) is 0 Å². The molecule has 3 rings (SSSR count). The fraction of sp³-hybridized carbons (Fsp3) is 0.143. The number of nitrogens with one attached hydrogen (secondary N) is 2.